The van der Waals surface area contributed by atoms with Crippen molar-refractivity contribution >= 4 is 23.2 Å². The van der Waals surface area contributed by atoms with E-state index in [0.29, 0.717) is 16.3 Å². The fraction of sp³-hybridized carbons (Fsp3) is 0.154. The van der Waals surface area contributed by atoms with E-state index in [1.54, 1.807) is 12.1 Å². The lowest BCUT2D eigenvalue weighted by atomic mass is 10.2. The molecule has 0 N–H and O–H groups in total. The molecule has 0 fully saturated rings. The molecule has 0 aliphatic heterocycles. The SMILES string of the molecule is Cc1ccc(Cl)c(Oc2ncc(F)cc2CCl)c1. The summed E-state index contributed by atoms with van der Waals surface area (Å²) in [7, 11) is 0. The molecular weight excluding hydrogens is 276 g/mol. The van der Waals surface area contributed by atoms with Crippen molar-refractivity contribution in [2.24, 2.45) is 0 Å². The fourth-order valence-corrected chi connectivity index (χ4v) is 1.80. The third kappa shape index (κ3) is 2.92. The molecule has 0 radical (unpaired) electrons. The van der Waals surface area contributed by atoms with E-state index in [0.717, 1.165) is 11.8 Å². The Balaban J connectivity index is 2.36. The maximum atomic E-state index is 13.0. The van der Waals surface area contributed by atoms with Crippen LogP contribution < -0.4 is 4.74 Å². The van der Waals surface area contributed by atoms with Crippen molar-refractivity contribution in [3.05, 3.63) is 52.4 Å². The Morgan fingerprint density at radius 3 is 2.83 bits per heavy atom. The third-order valence-corrected chi connectivity index (χ3v) is 2.93. The second kappa shape index (κ2) is 5.55. The van der Waals surface area contributed by atoms with Crippen molar-refractivity contribution in [3.8, 4) is 11.6 Å². The maximum Gasteiger partial charge on any atom is 0.223 e. The molecule has 1 aromatic carbocycles. The van der Waals surface area contributed by atoms with Gasteiger partial charge < -0.3 is 4.74 Å². The van der Waals surface area contributed by atoms with Gasteiger partial charge in [-0.15, -0.1) is 11.6 Å². The molecule has 94 valence electrons. The minimum Gasteiger partial charge on any atom is -0.437 e. The van der Waals surface area contributed by atoms with Crippen molar-refractivity contribution in [3.63, 3.8) is 0 Å². The van der Waals surface area contributed by atoms with Gasteiger partial charge in [-0.1, -0.05) is 17.7 Å². The molecule has 5 heteroatoms. The quantitative estimate of drug-likeness (QED) is 0.762. The molecule has 0 saturated carbocycles. The Morgan fingerprint density at radius 1 is 1.33 bits per heavy atom. The molecule has 2 nitrogen and oxygen atoms in total. The number of benzene rings is 1. The van der Waals surface area contributed by atoms with Gasteiger partial charge in [0.1, 0.15) is 11.6 Å². The molecule has 2 aromatic rings. The normalized spacial score (nSPS) is 10.4. The molecule has 0 atom stereocenters. The zero-order valence-corrected chi connectivity index (χ0v) is 11.1. The number of hydrogen-bond acceptors (Lipinski definition) is 2. The lowest BCUT2D eigenvalue weighted by Crippen LogP contribution is -1.95. The summed E-state index contributed by atoms with van der Waals surface area (Å²) in [6.07, 6.45) is 1.08. The van der Waals surface area contributed by atoms with Gasteiger partial charge in [-0.25, -0.2) is 9.37 Å². The van der Waals surface area contributed by atoms with Crippen LogP contribution in [0, 0.1) is 12.7 Å². The number of halogens is 3. The molecule has 0 saturated heterocycles. The number of hydrogen-bond donors (Lipinski definition) is 0. The number of alkyl halides is 1. The van der Waals surface area contributed by atoms with Gasteiger partial charge in [-0.2, -0.15) is 0 Å². The standard InChI is InChI=1S/C13H10Cl2FNO/c1-8-2-3-11(15)12(4-8)18-13-9(6-14)5-10(16)7-17-13/h2-5,7H,6H2,1H3. The van der Waals surface area contributed by atoms with E-state index in [-0.39, 0.29) is 11.8 Å². The molecule has 0 aliphatic carbocycles. The van der Waals surface area contributed by atoms with Crippen LogP contribution in [-0.2, 0) is 5.88 Å². The molecular formula is C13H10Cl2FNO. The van der Waals surface area contributed by atoms with Crippen LogP contribution in [0.3, 0.4) is 0 Å². The number of aryl methyl sites for hydroxylation is 1. The zero-order chi connectivity index (χ0) is 13.1. The predicted octanol–water partition coefficient (Wildman–Crippen LogP) is 4.71. The molecule has 0 unspecified atom stereocenters. The summed E-state index contributed by atoms with van der Waals surface area (Å²) in [6.45, 7) is 1.92. The molecule has 1 aromatic heterocycles. The van der Waals surface area contributed by atoms with E-state index >= 15 is 0 Å². The second-order valence-corrected chi connectivity index (χ2v) is 4.46. The first-order chi connectivity index (χ1) is 8.60. The van der Waals surface area contributed by atoms with Crippen LogP contribution in [-0.4, -0.2) is 4.98 Å². The minimum absolute atomic E-state index is 0.115. The van der Waals surface area contributed by atoms with Gasteiger partial charge in [-0.05, 0) is 30.7 Å². The number of rotatable bonds is 3. The van der Waals surface area contributed by atoms with Crippen LogP contribution in [0.25, 0.3) is 0 Å². The van der Waals surface area contributed by atoms with Crippen LogP contribution in [0.15, 0.2) is 30.5 Å². The zero-order valence-electron chi connectivity index (χ0n) is 9.58. The summed E-state index contributed by atoms with van der Waals surface area (Å²) in [6, 6.07) is 6.68. The molecule has 18 heavy (non-hydrogen) atoms. The molecule has 0 aliphatic rings. The van der Waals surface area contributed by atoms with E-state index in [1.165, 1.54) is 6.07 Å². The van der Waals surface area contributed by atoms with Gasteiger partial charge in [0.15, 0.2) is 0 Å². The van der Waals surface area contributed by atoms with Crippen LogP contribution in [0.4, 0.5) is 4.39 Å². The molecule has 0 amide bonds. The number of aromatic nitrogens is 1. The van der Waals surface area contributed by atoms with Crippen molar-refractivity contribution in [1.82, 2.24) is 4.98 Å². The first-order valence-corrected chi connectivity index (χ1v) is 6.16. The van der Waals surface area contributed by atoms with Crippen LogP contribution in [0.5, 0.6) is 11.6 Å². The molecule has 0 bridgehead atoms. The Bertz CT molecular complexity index is 575. The minimum atomic E-state index is -0.451. The van der Waals surface area contributed by atoms with Crippen molar-refractivity contribution < 1.29 is 9.13 Å². The summed E-state index contributed by atoms with van der Waals surface area (Å²) in [5, 5.41) is 0.465. The number of pyridine rings is 1. The number of nitrogens with zero attached hydrogens (tertiary/aromatic N) is 1. The topological polar surface area (TPSA) is 22.1 Å². The summed E-state index contributed by atoms with van der Waals surface area (Å²) >= 11 is 11.7. The van der Waals surface area contributed by atoms with E-state index < -0.39 is 5.82 Å². The van der Waals surface area contributed by atoms with Gasteiger partial charge in [-0.3, -0.25) is 0 Å². The molecule has 2 rings (SSSR count). The van der Waals surface area contributed by atoms with Gasteiger partial charge in [0.2, 0.25) is 5.88 Å². The number of ether oxygens (including phenoxy) is 1. The lowest BCUT2D eigenvalue weighted by molar-refractivity contribution is 0.454. The fourth-order valence-electron chi connectivity index (χ4n) is 1.45. The Morgan fingerprint density at radius 2 is 2.11 bits per heavy atom. The Hall–Kier alpha value is -1.32. The van der Waals surface area contributed by atoms with Gasteiger partial charge >= 0.3 is 0 Å². The highest BCUT2D eigenvalue weighted by Crippen LogP contribution is 2.31. The van der Waals surface area contributed by atoms with Gasteiger partial charge in [0.25, 0.3) is 0 Å². The Kier molecular flexibility index (Phi) is 4.04. The smallest absolute Gasteiger partial charge is 0.223 e. The van der Waals surface area contributed by atoms with E-state index in [9.17, 15) is 4.39 Å². The second-order valence-electron chi connectivity index (χ2n) is 3.79. The lowest BCUT2D eigenvalue weighted by Gasteiger charge is -2.10. The van der Waals surface area contributed by atoms with Crippen LogP contribution in [0.2, 0.25) is 5.02 Å². The van der Waals surface area contributed by atoms with Gasteiger partial charge in [0, 0.05) is 5.56 Å². The molecule has 1 heterocycles. The summed E-state index contributed by atoms with van der Waals surface area (Å²) in [4.78, 5) is 3.87. The van der Waals surface area contributed by atoms with Crippen molar-refractivity contribution in [2.45, 2.75) is 12.8 Å². The average molecular weight is 286 g/mol. The van der Waals surface area contributed by atoms with E-state index in [4.69, 9.17) is 27.9 Å². The average Bonchev–Trinajstić information content (AvgIpc) is 2.36. The monoisotopic (exact) mass is 285 g/mol. The van der Waals surface area contributed by atoms with E-state index in [2.05, 4.69) is 4.98 Å². The first kappa shape index (κ1) is 13.1. The van der Waals surface area contributed by atoms with Crippen molar-refractivity contribution in [2.75, 3.05) is 0 Å². The van der Waals surface area contributed by atoms with Gasteiger partial charge in [0.05, 0.1) is 17.1 Å². The van der Waals surface area contributed by atoms with Crippen LogP contribution in [0.1, 0.15) is 11.1 Å². The van der Waals surface area contributed by atoms with Crippen LogP contribution >= 0.6 is 23.2 Å². The van der Waals surface area contributed by atoms with E-state index in [1.807, 2.05) is 13.0 Å². The predicted molar refractivity (Wildman–Crippen MR) is 70.0 cm³/mol. The summed E-state index contributed by atoms with van der Waals surface area (Å²) < 4.78 is 18.6. The first-order valence-electron chi connectivity index (χ1n) is 5.24. The highest BCUT2D eigenvalue weighted by molar-refractivity contribution is 6.32. The highest BCUT2D eigenvalue weighted by Gasteiger charge is 2.10. The highest BCUT2D eigenvalue weighted by atomic mass is 35.5. The van der Waals surface area contributed by atoms with Crippen molar-refractivity contribution in [1.29, 1.82) is 0 Å². The largest absolute Gasteiger partial charge is 0.437 e. The molecule has 0 spiro atoms. The Labute approximate surface area is 114 Å². The third-order valence-electron chi connectivity index (χ3n) is 2.33. The summed E-state index contributed by atoms with van der Waals surface area (Å²) in [5.74, 6) is 0.401. The maximum absolute atomic E-state index is 13.0. The summed E-state index contributed by atoms with van der Waals surface area (Å²) in [5.41, 5.74) is 1.48.